The molecule has 2 aromatic rings. The molecule has 1 aromatic heterocycles. The Bertz CT molecular complexity index is 493. The number of Topliss-reactive ketones (excluding diaryl/α,β-unsaturated/α-hetero) is 1. The topological polar surface area (TPSA) is 30.0 Å². The Morgan fingerprint density at radius 1 is 1.06 bits per heavy atom. The smallest absolute Gasteiger partial charge is 0.141 e. The quantitative estimate of drug-likeness (QED) is 0.806. The van der Waals surface area contributed by atoms with Crippen molar-refractivity contribution in [1.82, 2.24) is 4.98 Å². The van der Waals surface area contributed by atoms with E-state index in [0.29, 0.717) is 12.8 Å². The van der Waals surface area contributed by atoms with Gasteiger partial charge in [0.05, 0.1) is 0 Å². The molecule has 0 fully saturated rings. The number of carbonyl (C=O) groups is 1. The minimum absolute atomic E-state index is 0.101. The van der Waals surface area contributed by atoms with Gasteiger partial charge in [0.15, 0.2) is 0 Å². The molecule has 2 rings (SSSR count). The predicted molar refractivity (Wildman–Crippen MR) is 63.1 cm³/mol. The summed E-state index contributed by atoms with van der Waals surface area (Å²) in [6.45, 7) is 0. The highest BCUT2D eigenvalue weighted by molar-refractivity contribution is 5.82. The lowest BCUT2D eigenvalue weighted by Gasteiger charge is -2.01. The van der Waals surface area contributed by atoms with Crippen molar-refractivity contribution in [2.75, 3.05) is 0 Å². The molecule has 0 atom stereocenters. The third kappa shape index (κ3) is 3.48. The number of benzene rings is 1. The Morgan fingerprint density at radius 2 is 1.76 bits per heavy atom. The summed E-state index contributed by atoms with van der Waals surface area (Å²) in [4.78, 5) is 15.7. The van der Waals surface area contributed by atoms with Crippen LogP contribution in [0.25, 0.3) is 0 Å². The third-order valence-corrected chi connectivity index (χ3v) is 2.44. The average Bonchev–Trinajstić information content (AvgIpc) is 2.33. The van der Waals surface area contributed by atoms with E-state index in [1.54, 1.807) is 30.6 Å². The lowest BCUT2D eigenvalue weighted by atomic mass is 10.0. The predicted octanol–water partition coefficient (Wildman–Crippen LogP) is 2.58. The van der Waals surface area contributed by atoms with Crippen molar-refractivity contribution in [2.24, 2.45) is 0 Å². The molecule has 0 radical (unpaired) electrons. The number of nitrogens with zero attached hydrogens (tertiary/aromatic N) is 1. The SMILES string of the molecule is O=C(Cc1ccc(F)cc1)Cc1cccnc1. The van der Waals surface area contributed by atoms with Crippen molar-refractivity contribution in [1.29, 1.82) is 0 Å². The minimum atomic E-state index is -0.284. The molecule has 0 aliphatic carbocycles. The minimum Gasteiger partial charge on any atom is -0.299 e. The largest absolute Gasteiger partial charge is 0.299 e. The third-order valence-electron chi connectivity index (χ3n) is 2.44. The van der Waals surface area contributed by atoms with E-state index in [2.05, 4.69) is 4.98 Å². The van der Waals surface area contributed by atoms with Gasteiger partial charge in [-0.05, 0) is 29.3 Å². The van der Waals surface area contributed by atoms with Crippen LogP contribution in [0.2, 0.25) is 0 Å². The molecule has 86 valence electrons. The highest BCUT2D eigenvalue weighted by Gasteiger charge is 2.05. The fraction of sp³-hybridized carbons (Fsp3) is 0.143. The van der Waals surface area contributed by atoms with Gasteiger partial charge in [0, 0.05) is 25.2 Å². The van der Waals surface area contributed by atoms with Gasteiger partial charge in [0.2, 0.25) is 0 Å². The lowest BCUT2D eigenvalue weighted by Crippen LogP contribution is -2.06. The van der Waals surface area contributed by atoms with Crippen LogP contribution in [-0.4, -0.2) is 10.8 Å². The van der Waals surface area contributed by atoms with Crippen LogP contribution in [0, 0.1) is 5.82 Å². The molecule has 0 N–H and O–H groups in total. The Labute approximate surface area is 99.1 Å². The maximum Gasteiger partial charge on any atom is 0.141 e. The van der Waals surface area contributed by atoms with Gasteiger partial charge in [-0.3, -0.25) is 9.78 Å². The van der Waals surface area contributed by atoms with Crippen molar-refractivity contribution in [3.8, 4) is 0 Å². The summed E-state index contributed by atoms with van der Waals surface area (Å²) >= 11 is 0. The fourth-order valence-corrected chi connectivity index (χ4v) is 1.62. The summed E-state index contributed by atoms with van der Waals surface area (Å²) in [5.41, 5.74) is 1.74. The first-order valence-corrected chi connectivity index (χ1v) is 5.39. The second kappa shape index (κ2) is 5.34. The van der Waals surface area contributed by atoms with Gasteiger partial charge in [-0.1, -0.05) is 18.2 Å². The van der Waals surface area contributed by atoms with Gasteiger partial charge < -0.3 is 0 Å². The molecule has 17 heavy (non-hydrogen) atoms. The van der Waals surface area contributed by atoms with Gasteiger partial charge >= 0.3 is 0 Å². The van der Waals surface area contributed by atoms with E-state index in [0.717, 1.165) is 11.1 Å². The molecule has 3 heteroatoms. The second-order valence-electron chi connectivity index (χ2n) is 3.88. The number of rotatable bonds is 4. The van der Waals surface area contributed by atoms with E-state index < -0.39 is 0 Å². The Morgan fingerprint density at radius 3 is 2.41 bits per heavy atom. The first-order chi connectivity index (χ1) is 8.24. The molecule has 2 nitrogen and oxygen atoms in total. The standard InChI is InChI=1S/C14H12FNO/c15-13-5-3-11(4-6-13)8-14(17)9-12-2-1-7-16-10-12/h1-7,10H,8-9H2. The molecule has 0 bridgehead atoms. The summed E-state index contributed by atoms with van der Waals surface area (Å²) < 4.78 is 12.7. The first-order valence-electron chi connectivity index (χ1n) is 5.39. The first kappa shape index (κ1) is 11.5. The zero-order valence-corrected chi connectivity index (χ0v) is 9.27. The molecule has 0 amide bonds. The van der Waals surface area contributed by atoms with Gasteiger partial charge in [-0.2, -0.15) is 0 Å². The Balaban J connectivity index is 1.96. The summed E-state index contributed by atoms with van der Waals surface area (Å²) in [5.74, 6) is -0.182. The molecular weight excluding hydrogens is 217 g/mol. The van der Waals surface area contributed by atoms with Gasteiger partial charge in [-0.25, -0.2) is 4.39 Å². The van der Waals surface area contributed by atoms with E-state index in [9.17, 15) is 9.18 Å². The normalized spacial score (nSPS) is 10.2. The summed E-state index contributed by atoms with van der Waals surface area (Å²) in [7, 11) is 0. The lowest BCUT2D eigenvalue weighted by molar-refractivity contribution is -0.117. The average molecular weight is 229 g/mol. The number of carbonyl (C=O) groups excluding carboxylic acids is 1. The number of hydrogen-bond acceptors (Lipinski definition) is 2. The molecule has 0 spiro atoms. The van der Waals surface area contributed by atoms with Gasteiger partial charge in [0.1, 0.15) is 11.6 Å². The number of pyridine rings is 1. The maximum absolute atomic E-state index is 12.7. The van der Waals surface area contributed by atoms with Crippen LogP contribution in [0.15, 0.2) is 48.8 Å². The summed E-state index contributed by atoms with van der Waals surface area (Å²) in [6.07, 6.45) is 4.05. The molecule has 0 saturated carbocycles. The van der Waals surface area contributed by atoms with E-state index in [-0.39, 0.29) is 11.6 Å². The van der Waals surface area contributed by atoms with Crippen LogP contribution in [0.4, 0.5) is 4.39 Å². The fourth-order valence-electron chi connectivity index (χ4n) is 1.62. The number of ketones is 1. The Hall–Kier alpha value is -2.03. The number of hydrogen-bond donors (Lipinski definition) is 0. The van der Waals surface area contributed by atoms with E-state index in [4.69, 9.17) is 0 Å². The van der Waals surface area contributed by atoms with Crippen molar-refractivity contribution in [3.05, 3.63) is 65.7 Å². The van der Waals surface area contributed by atoms with Crippen molar-refractivity contribution in [2.45, 2.75) is 12.8 Å². The maximum atomic E-state index is 12.7. The van der Waals surface area contributed by atoms with Crippen LogP contribution in [0.3, 0.4) is 0 Å². The molecule has 0 unspecified atom stereocenters. The zero-order valence-electron chi connectivity index (χ0n) is 9.27. The number of halogens is 1. The molecule has 0 aliphatic heterocycles. The molecule has 0 aliphatic rings. The summed E-state index contributed by atoms with van der Waals surface area (Å²) in [6, 6.07) is 9.68. The van der Waals surface area contributed by atoms with Gasteiger partial charge in [-0.15, -0.1) is 0 Å². The molecule has 0 saturated heterocycles. The van der Waals surface area contributed by atoms with Crippen LogP contribution in [-0.2, 0) is 17.6 Å². The summed E-state index contributed by atoms with van der Waals surface area (Å²) in [5, 5.41) is 0. The van der Waals surface area contributed by atoms with Crippen LogP contribution in [0.1, 0.15) is 11.1 Å². The molecule has 1 heterocycles. The van der Waals surface area contributed by atoms with Crippen LogP contribution >= 0.6 is 0 Å². The van der Waals surface area contributed by atoms with Crippen molar-refractivity contribution >= 4 is 5.78 Å². The highest BCUT2D eigenvalue weighted by atomic mass is 19.1. The van der Waals surface area contributed by atoms with Crippen molar-refractivity contribution < 1.29 is 9.18 Å². The van der Waals surface area contributed by atoms with Crippen LogP contribution in [0.5, 0.6) is 0 Å². The van der Waals surface area contributed by atoms with E-state index in [1.807, 2.05) is 6.07 Å². The Kier molecular flexibility index (Phi) is 3.60. The highest BCUT2D eigenvalue weighted by Crippen LogP contribution is 2.06. The van der Waals surface area contributed by atoms with E-state index in [1.165, 1.54) is 12.1 Å². The van der Waals surface area contributed by atoms with E-state index >= 15 is 0 Å². The molecule has 1 aromatic carbocycles. The molecular formula is C14H12FNO. The number of aromatic nitrogens is 1. The van der Waals surface area contributed by atoms with Crippen molar-refractivity contribution in [3.63, 3.8) is 0 Å². The monoisotopic (exact) mass is 229 g/mol. The zero-order chi connectivity index (χ0) is 12.1. The van der Waals surface area contributed by atoms with Crippen LogP contribution < -0.4 is 0 Å². The van der Waals surface area contributed by atoms with Gasteiger partial charge in [0.25, 0.3) is 0 Å². The second-order valence-corrected chi connectivity index (χ2v) is 3.88.